The molecule has 0 N–H and O–H groups in total. The van der Waals surface area contributed by atoms with Crippen molar-refractivity contribution in [3.8, 4) is 0 Å². The number of esters is 2. The highest BCUT2D eigenvalue weighted by Gasteiger charge is 2.17. The summed E-state index contributed by atoms with van der Waals surface area (Å²) >= 11 is 0. The van der Waals surface area contributed by atoms with E-state index in [-0.39, 0.29) is 25.2 Å². The van der Waals surface area contributed by atoms with Crippen molar-refractivity contribution in [1.29, 1.82) is 0 Å². The van der Waals surface area contributed by atoms with Crippen LogP contribution in [0, 0.1) is 0 Å². The Morgan fingerprint density at radius 3 is 1.16 bits per heavy atom. The second-order valence-electron chi connectivity index (χ2n) is 18.1. The molecule has 5 heteroatoms. The Hall–Kier alpha value is -2.14. The van der Waals surface area contributed by atoms with Crippen molar-refractivity contribution in [3.05, 3.63) is 48.6 Å². The third-order valence-electron chi connectivity index (χ3n) is 11.9. The van der Waals surface area contributed by atoms with Gasteiger partial charge >= 0.3 is 11.9 Å². The molecule has 0 aliphatic rings. The first kappa shape index (κ1) is 59.9. The minimum Gasteiger partial charge on any atom is -0.462 e. The maximum atomic E-state index is 12.8. The first-order valence-corrected chi connectivity index (χ1v) is 27.2. The molecule has 0 bridgehead atoms. The summed E-state index contributed by atoms with van der Waals surface area (Å²) < 4.78 is 17.4. The molecule has 362 valence electrons. The molecule has 0 radical (unpaired) electrons. The van der Waals surface area contributed by atoms with Gasteiger partial charge in [0.25, 0.3) is 0 Å². The zero-order valence-electron chi connectivity index (χ0n) is 41.6. The number of hydrogen-bond acceptors (Lipinski definition) is 5. The third kappa shape index (κ3) is 50.5. The molecular formula is C57H104O5. The Labute approximate surface area is 386 Å². The van der Waals surface area contributed by atoms with E-state index in [1.165, 1.54) is 180 Å². The van der Waals surface area contributed by atoms with Crippen LogP contribution in [-0.4, -0.2) is 37.9 Å². The summed E-state index contributed by atoms with van der Waals surface area (Å²) in [6.07, 6.45) is 65.5. The Balaban J connectivity index is 4.21. The van der Waals surface area contributed by atoms with Crippen LogP contribution in [0.3, 0.4) is 0 Å². The normalized spacial score (nSPS) is 12.5. The van der Waals surface area contributed by atoms with Gasteiger partial charge in [0, 0.05) is 19.4 Å². The Bertz CT molecular complexity index is 1030. The molecule has 0 rings (SSSR count). The molecule has 0 aromatic carbocycles. The smallest absolute Gasteiger partial charge is 0.306 e. The molecule has 0 spiro atoms. The first-order valence-electron chi connectivity index (χ1n) is 27.2. The molecule has 0 aromatic heterocycles. The lowest BCUT2D eigenvalue weighted by atomic mass is 10.0. The van der Waals surface area contributed by atoms with Gasteiger partial charge in [-0.2, -0.15) is 0 Å². The van der Waals surface area contributed by atoms with E-state index in [1.54, 1.807) is 0 Å². The zero-order chi connectivity index (χ0) is 44.9. The summed E-state index contributed by atoms with van der Waals surface area (Å²) in [5, 5.41) is 0. The molecular weight excluding hydrogens is 765 g/mol. The van der Waals surface area contributed by atoms with Gasteiger partial charge in [-0.05, 0) is 57.8 Å². The van der Waals surface area contributed by atoms with E-state index < -0.39 is 6.10 Å². The van der Waals surface area contributed by atoms with Gasteiger partial charge in [-0.15, -0.1) is 0 Å². The zero-order valence-corrected chi connectivity index (χ0v) is 41.6. The van der Waals surface area contributed by atoms with Gasteiger partial charge in [-0.25, -0.2) is 0 Å². The second-order valence-corrected chi connectivity index (χ2v) is 18.1. The van der Waals surface area contributed by atoms with Gasteiger partial charge in [0.1, 0.15) is 6.61 Å². The van der Waals surface area contributed by atoms with Gasteiger partial charge < -0.3 is 14.2 Å². The minimum absolute atomic E-state index is 0.0858. The average molecular weight is 869 g/mol. The lowest BCUT2D eigenvalue weighted by Crippen LogP contribution is -2.30. The Kier molecular flexibility index (Phi) is 51.4. The van der Waals surface area contributed by atoms with Gasteiger partial charge in [0.2, 0.25) is 0 Å². The van der Waals surface area contributed by atoms with Crippen LogP contribution in [0.25, 0.3) is 0 Å². The summed E-state index contributed by atoms with van der Waals surface area (Å²) in [5.41, 5.74) is 0. The van der Waals surface area contributed by atoms with Crippen LogP contribution < -0.4 is 0 Å². The van der Waals surface area contributed by atoms with Crippen LogP contribution >= 0.6 is 0 Å². The van der Waals surface area contributed by atoms with E-state index >= 15 is 0 Å². The number of carbonyl (C=O) groups is 2. The predicted molar refractivity (Wildman–Crippen MR) is 270 cm³/mol. The summed E-state index contributed by atoms with van der Waals surface area (Å²) in [7, 11) is 0. The monoisotopic (exact) mass is 869 g/mol. The largest absolute Gasteiger partial charge is 0.462 e. The number of rotatable bonds is 50. The van der Waals surface area contributed by atoms with Crippen molar-refractivity contribution in [2.75, 3.05) is 19.8 Å². The quantitative estimate of drug-likeness (QED) is 0.0346. The van der Waals surface area contributed by atoms with E-state index in [0.29, 0.717) is 19.4 Å². The molecule has 1 atom stereocenters. The summed E-state index contributed by atoms with van der Waals surface area (Å²) in [5.74, 6) is -0.389. The van der Waals surface area contributed by atoms with E-state index in [1.807, 2.05) is 0 Å². The maximum Gasteiger partial charge on any atom is 0.306 e. The highest BCUT2D eigenvalue weighted by molar-refractivity contribution is 5.70. The topological polar surface area (TPSA) is 61.8 Å². The molecule has 62 heavy (non-hydrogen) atoms. The third-order valence-corrected chi connectivity index (χ3v) is 11.9. The number of ether oxygens (including phenoxy) is 3. The molecule has 0 heterocycles. The molecule has 0 aliphatic heterocycles. The molecule has 0 aromatic rings. The van der Waals surface area contributed by atoms with Crippen molar-refractivity contribution in [1.82, 2.24) is 0 Å². The van der Waals surface area contributed by atoms with Crippen molar-refractivity contribution in [3.63, 3.8) is 0 Å². The molecule has 0 saturated carbocycles. The van der Waals surface area contributed by atoms with Crippen LogP contribution in [0.5, 0.6) is 0 Å². The number of carbonyl (C=O) groups excluding carboxylic acids is 2. The number of allylic oxidation sites excluding steroid dienone is 8. The Morgan fingerprint density at radius 1 is 0.371 bits per heavy atom. The lowest BCUT2D eigenvalue weighted by Gasteiger charge is -2.18. The SMILES string of the molecule is CC/C=C\C/C=C\C/C=C\C/C=C\CCCCCCCCCOCC(COC(=O)CCCCCCCCCCCCCCCCC)OC(=O)CCCCCCCCCCCCC. The Morgan fingerprint density at radius 2 is 0.726 bits per heavy atom. The van der Waals surface area contributed by atoms with Crippen LogP contribution in [0.4, 0.5) is 0 Å². The van der Waals surface area contributed by atoms with E-state index in [0.717, 1.165) is 64.2 Å². The van der Waals surface area contributed by atoms with Crippen LogP contribution in [0.15, 0.2) is 48.6 Å². The molecule has 0 aliphatic carbocycles. The van der Waals surface area contributed by atoms with Crippen LogP contribution in [0.2, 0.25) is 0 Å². The second kappa shape index (κ2) is 53.2. The van der Waals surface area contributed by atoms with E-state index in [9.17, 15) is 9.59 Å². The van der Waals surface area contributed by atoms with Crippen molar-refractivity contribution < 1.29 is 23.8 Å². The number of unbranched alkanes of at least 4 members (excludes halogenated alkanes) is 31. The van der Waals surface area contributed by atoms with Crippen molar-refractivity contribution in [2.45, 2.75) is 284 Å². The van der Waals surface area contributed by atoms with E-state index in [2.05, 4.69) is 69.4 Å². The fraction of sp³-hybridized carbons (Fsp3) is 0.825. The van der Waals surface area contributed by atoms with E-state index in [4.69, 9.17) is 14.2 Å². The van der Waals surface area contributed by atoms with Crippen LogP contribution in [-0.2, 0) is 23.8 Å². The highest BCUT2D eigenvalue weighted by Crippen LogP contribution is 2.16. The molecule has 0 amide bonds. The number of hydrogen-bond donors (Lipinski definition) is 0. The molecule has 1 unspecified atom stereocenters. The predicted octanol–water partition coefficient (Wildman–Crippen LogP) is 18.3. The minimum atomic E-state index is -0.537. The van der Waals surface area contributed by atoms with Gasteiger partial charge in [-0.3, -0.25) is 9.59 Å². The highest BCUT2D eigenvalue weighted by atomic mass is 16.6. The first-order chi connectivity index (χ1) is 30.6. The average Bonchev–Trinajstić information content (AvgIpc) is 3.27. The molecule has 0 fully saturated rings. The summed E-state index contributed by atoms with van der Waals surface area (Å²) in [6.45, 7) is 7.73. The van der Waals surface area contributed by atoms with Crippen molar-refractivity contribution >= 4 is 11.9 Å². The summed E-state index contributed by atoms with van der Waals surface area (Å²) in [6, 6.07) is 0. The van der Waals surface area contributed by atoms with Crippen molar-refractivity contribution in [2.24, 2.45) is 0 Å². The van der Waals surface area contributed by atoms with Gasteiger partial charge in [0.05, 0.1) is 6.61 Å². The van der Waals surface area contributed by atoms with Gasteiger partial charge in [0.15, 0.2) is 6.10 Å². The van der Waals surface area contributed by atoms with Crippen LogP contribution in [0.1, 0.15) is 278 Å². The lowest BCUT2D eigenvalue weighted by molar-refractivity contribution is -0.163. The maximum absolute atomic E-state index is 12.8. The summed E-state index contributed by atoms with van der Waals surface area (Å²) in [4.78, 5) is 25.4. The fourth-order valence-electron chi connectivity index (χ4n) is 7.86. The fourth-order valence-corrected chi connectivity index (χ4v) is 7.86. The molecule has 0 saturated heterocycles. The molecule has 5 nitrogen and oxygen atoms in total. The van der Waals surface area contributed by atoms with Gasteiger partial charge in [-0.1, -0.05) is 256 Å². The standard InChI is InChI=1S/C57H104O5/c1-4-7-10-13-16-19-22-24-26-27-28-29-30-32-34-37-40-43-46-49-52-60-53-55(62-57(59)51-48-45-42-39-35-21-18-15-12-9-6-3)54-61-56(58)50-47-44-41-38-36-33-31-25-23-20-17-14-11-8-5-2/h7,10,16,19,24,26,28-29,55H,4-6,8-9,11-15,17-18,20-23,25,27,30-54H2,1-3H3/b10-7-,19-16-,26-24-,29-28-.